The van der Waals surface area contributed by atoms with Crippen molar-refractivity contribution in [3.05, 3.63) is 0 Å². The number of piperidine rings is 1. The van der Waals surface area contributed by atoms with Crippen LogP contribution in [-0.2, 0) is 14.3 Å². The molecule has 4 nitrogen and oxygen atoms in total. The molecule has 116 valence electrons. The summed E-state index contributed by atoms with van der Waals surface area (Å²) in [5.74, 6) is 0.911. The fourth-order valence-corrected chi connectivity index (χ4v) is 3.65. The van der Waals surface area contributed by atoms with Gasteiger partial charge < -0.3 is 14.4 Å². The highest BCUT2D eigenvalue weighted by Gasteiger charge is 2.53. The van der Waals surface area contributed by atoms with E-state index in [4.69, 9.17) is 9.47 Å². The van der Waals surface area contributed by atoms with E-state index in [0.717, 1.165) is 26.2 Å². The molecule has 0 aromatic heterocycles. The maximum Gasteiger partial charge on any atom is 0.171 e. The van der Waals surface area contributed by atoms with E-state index in [0.29, 0.717) is 5.92 Å². The average Bonchev–Trinajstić information content (AvgIpc) is 2.50. The Balaban J connectivity index is 1.92. The number of hydrogen-bond acceptors (Lipinski definition) is 4. The van der Waals surface area contributed by atoms with Crippen molar-refractivity contribution in [1.82, 2.24) is 4.90 Å². The molecule has 0 amide bonds. The number of ether oxygens (including phenoxy) is 2. The number of likely N-dealkylation sites (tertiary alicyclic amines) is 1. The van der Waals surface area contributed by atoms with Crippen LogP contribution in [-0.4, -0.2) is 55.2 Å². The lowest BCUT2D eigenvalue weighted by atomic mass is 9.85. The van der Waals surface area contributed by atoms with Gasteiger partial charge in [-0.25, -0.2) is 0 Å². The largest absolute Gasteiger partial charge is 0.384 e. The third-order valence-electron chi connectivity index (χ3n) is 4.82. The third-order valence-corrected chi connectivity index (χ3v) is 4.82. The Labute approximate surface area is 122 Å². The van der Waals surface area contributed by atoms with Crippen molar-refractivity contribution in [3.63, 3.8) is 0 Å². The summed E-state index contributed by atoms with van der Waals surface area (Å²) in [4.78, 5) is 14.9. The molecule has 1 atom stereocenters. The first-order valence-electron chi connectivity index (χ1n) is 7.72. The lowest BCUT2D eigenvalue weighted by Crippen LogP contribution is -2.44. The van der Waals surface area contributed by atoms with E-state index in [2.05, 4.69) is 4.90 Å². The molecule has 20 heavy (non-hydrogen) atoms. The molecule has 0 radical (unpaired) electrons. The predicted octanol–water partition coefficient (Wildman–Crippen LogP) is 2.12. The second kappa shape index (κ2) is 5.74. The second-order valence-electron chi connectivity index (χ2n) is 7.33. The quantitative estimate of drug-likeness (QED) is 0.792. The molecule has 2 aliphatic heterocycles. The highest BCUT2D eigenvalue weighted by molar-refractivity contribution is 5.91. The molecule has 0 N–H and O–H groups in total. The Morgan fingerprint density at radius 1 is 1.25 bits per heavy atom. The monoisotopic (exact) mass is 283 g/mol. The lowest BCUT2D eigenvalue weighted by Gasteiger charge is -2.35. The van der Waals surface area contributed by atoms with Gasteiger partial charge in [0.05, 0.1) is 11.5 Å². The van der Waals surface area contributed by atoms with Crippen molar-refractivity contribution < 1.29 is 14.3 Å². The van der Waals surface area contributed by atoms with Gasteiger partial charge in [0.1, 0.15) is 5.60 Å². The Morgan fingerprint density at radius 3 is 2.30 bits per heavy atom. The first-order chi connectivity index (χ1) is 9.26. The molecular formula is C16H29NO3. The van der Waals surface area contributed by atoms with Crippen molar-refractivity contribution >= 4 is 5.78 Å². The van der Waals surface area contributed by atoms with Crippen molar-refractivity contribution in [1.29, 1.82) is 0 Å². The van der Waals surface area contributed by atoms with Crippen LogP contribution in [0.2, 0.25) is 0 Å². The number of carbonyl (C=O) groups excluding carboxylic acids is 1. The van der Waals surface area contributed by atoms with E-state index in [9.17, 15) is 4.79 Å². The lowest BCUT2D eigenvalue weighted by molar-refractivity contribution is -0.132. The van der Waals surface area contributed by atoms with Gasteiger partial charge in [0.15, 0.2) is 5.78 Å². The maximum absolute atomic E-state index is 12.5. The fourth-order valence-electron chi connectivity index (χ4n) is 3.65. The van der Waals surface area contributed by atoms with Gasteiger partial charge in [-0.1, -0.05) is 0 Å². The summed E-state index contributed by atoms with van der Waals surface area (Å²) in [5, 5.41) is 0. The van der Waals surface area contributed by atoms with E-state index in [1.54, 1.807) is 7.11 Å². The van der Waals surface area contributed by atoms with Crippen LogP contribution in [0.25, 0.3) is 0 Å². The molecular weight excluding hydrogens is 254 g/mol. The third kappa shape index (κ3) is 3.23. The van der Waals surface area contributed by atoms with Crippen LogP contribution in [0.3, 0.4) is 0 Å². The zero-order valence-corrected chi connectivity index (χ0v) is 13.6. The van der Waals surface area contributed by atoms with Crippen LogP contribution in [0.4, 0.5) is 0 Å². The molecule has 2 heterocycles. The highest BCUT2D eigenvalue weighted by Crippen LogP contribution is 2.39. The van der Waals surface area contributed by atoms with Crippen LogP contribution < -0.4 is 0 Å². The Hall–Kier alpha value is -0.450. The van der Waals surface area contributed by atoms with Gasteiger partial charge in [-0.3, -0.25) is 4.79 Å². The topological polar surface area (TPSA) is 38.8 Å². The highest BCUT2D eigenvalue weighted by atomic mass is 16.5. The van der Waals surface area contributed by atoms with Gasteiger partial charge in [-0.05, 0) is 59.5 Å². The molecule has 1 unspecified atom stereocenters. The molecule has 0 aromatic carbocycles. The van der Waals surface area contributed by atoms with E-state index in [1.165, 1.54) is 12.8 Å². The minimum Gasteiger partial charge on any atom is -0.384 e. The Morgan fingerprint density at radius 2 is 1.85 bits per heavy atom. The maximum atomic E-state index is 12.5. The SMILES string of the molecule is COCC1CCN(CC2C(=O)C(C)(C)OC2(C)C)CC1. The van der Waals surface area contributed by atoms with Crippen molar-refractivity contribution in [3.8, 4) is 0 Å². The Bertz CT molecular complexity index is 357. The normalized spacial score (nSPS) is 30.9. The predicted molar refractivity (Wildman–Crippen MR) is 78.8 cm³/mol. The van der Waals surface area contributed by atoms with Crippen molar-refractivity contribution in [2.24, 2.45) is 11.8 Å². The average molecular weight is 283 g/mol. The van der Waals surface area contributed by atoms with Crippen molar-refractivity contribution in [2.45, 2.75) is 51.7 Å². The fraction of sp³-hybridized carbons (Fsp3) is 0.938. The molecule has 0 spiro atoms. The van der Waals surface area contributed by atoms with E-state index >= 15 is 0 Å². The zero-order chi connectivity index (χ0) is 15.0. The van der Waals surface area contributed by atoms with Crippen LogP contribution in [0.15, 0.2) is 0 Å². The number of methoxy groups -OCH3 is 1. The van der Waals surface area contributed by atoms with Gasteiger partial charge in [0.25, 0.3) is 0 Å². The van der Waals surface area contributed by atoms with Gasteiger partial charge >= 0.3 is 0 Å². The molecule has 4 heteroatoms. The van der Waals surface area contributed by atoms with Crippen LogP contribution in [0.5, 0.6) is 0 Å². The summed E-state index contributed by atoms with van der Waals surface area (Å²) in [6.45, 7) is 11.7. The van der Waals surface area contributed by atoms with Gasteiger partial charge in [0, 0.05) is 20.3 Å². The summed E-state index contributed by atoms with van der Waals surface area (Å²) in [6.07, 6.45) is 2.33. The number of nitrogens with zero attached hydrogens (tertiary/aromatic N) is 1. The summed E-state index contributed by atoms with van der Waals surface area (Å²) in [5.41, 5.74) is -0.994. The Kier molecular flexibility index (Phi) is 4.57. The van der Waals surface area contributed by atoms with Gasteiger partial charge in [0.2, 0.25) is 0 Å². The first kappa shape index (κ1) is 15.9. The number of ketones is 1. The summed E-state index contributed by atoms with van der Waals surface area (Å²) in [6, 6.07) is 0. The second-order valence-corrected chi connectivity index (χ2v) is 7.33. The summed E-state index contributed by atoms with van der Waals surface area (Å²) < 4.78 is 11.2. The number of hydrogen-bond donors (Lipinski definition) is 0. The summed E-state index contributed by atoms with van der Waals surface area (Å²) >= 11 is 0. The number of rotatable bonds is 4. The number of Topliss-reactive ketones (excluding diaryl/α,β-unsaturated/α-hetero) is 1. The number of carbonyl (C=O) groups is 1. The van der Waals surface area contributed by atoms with Gasteiger partial charge in [-0.2, -0.15) is 0 Å². The molecule has 2 fully saturated rings. The first-order valence-corrected chi connectivity index (χ1v) is 7.72. The van der Waals surface area contributed by atoms with E-state index in [1.807, 2.05) is 27.7 Å². The molecule has 2 rings (SSSR count). The van der Waals surface area contributed by atoms with Crippen LogP contribution in [0, 0.1) is 11.8 Å². The van der Waals surface area contributed by atoms with Crippen LogP contribution in [0.1, 0.15) is 40.5 Å². The minimum absolute atomic E-state index is 0.0172. The molecule has 2 saturated heterocycles. The van der Waals surface area contributed by atoms with Crippen LogP contribution >= 0.6 is 0 Å². The minimum atomic E-state index is -0.636. The summed E-state index contributed by atoms with van der Waals surface area (Å²) in [7, 11) is 1.77. The van der Waals surface area contributed by atoms with E-state index < -0.39 is 5.60 Å². The standard InChI is InChI=1S/C16H29NO3/c1-15(2)13(14(18)16(3,4)20-15)10-17-8-6-12(7-9-17)11-19-5/h12-13H,6-11H2,1-5H3. The molecule has 2 aliphatic rings. The van der Waals surface area contributed by atoms with E-state index in [-0.39, 0.29) is 17.3 Å². The molecule has 0 bridgehead atoms. The molecule has 0 aliphatic carbocycles. The zero-order valence-electron chi connectivity index (χ0n) is 13.6. The molecule has 0 saturated carbocycles. The van der Waals surface area contributed by atoms with Crippen molar-refractivity contribution in [2.75, 3.05) is 33.4 Å². The smallest absolute Gasteiger partial charge is 0.171 e. The molecule has 0 aromatic rings. The van der Waals surface area contributed by atoms with Gasteiger partial charge in [-0.15, -0.1) is 0 Å².